The first kappa shape index (κ1) is 11.3. The fraction of sp³-hybridized carbons (Fsp3) is 0.273. The molecule has 15 heavy (non-hydrogen) atoms. The van der Waals surface area contributed by atoms with E-state index in [2.05, 4.69) is 51.7 Å². The Morgan fingerprint density at radius 3 is 2.73 bits per heavy atom. The Morgan fingerprint density at radius 1 is 1.33 bits per heavy atom. The first-order valence-electron chi connectivity index (χ1n) is 4.73. The number of halogens is 1. The van der Waals surface area contributed by atoms with Crippen LogP contribution in [0.25, 0.3) is 0 Å². The van der Waals surface area contributed by atoms with E-state index in [1.54, 1.807) is 11.3 Å². The normalized spacial score (nSPS) is 10.8. The molecule has 0 aromatic carbocycles. The number of aryl methyl sites for hydroxylation is 1. The van der Waals surface area contributed by atoms with E-state index >= 15 is 0 Å². The predicted molar refractivity (Wildman–Crippen MR) is 71.6 cm³/mol. The highest BCUT2D eigenvalue weighted by Gasteiger charge is 2.02. The van der Waals surface area contributed by atoms with Crippen molar-refractivity contribution in [1.29, 1.82) is 0 Å². The largest absolute Gasteiger partial charge is 0.307 e. The van der Waals surface area contributed by atoms with E-state index in [1.165, 1.54) is 19.1 Å². The molecule has 2 aromatic rings. The van der Waals surface area contributed by atoms with E-state index < -0.39 is 0 Å². The van der Waals surface area contributed by atoms with Crippen LogP contribution in [0, 0.1) is 6.92 Å². The number of hydrogen-bond acceptors (Lipinski definition) is 3. The lowest BCUT2D eigenvalue weighted by molar-refractivity contribution is 0.709. The highest BCUT2D eigenvalue weighted by Crippen LogP contribution is 2.26. The summed E-state index contributed by atoms with van der Waals surface area (Å²) in [7, 11) is 0. The first-order chi connectivity index (χ1) is 7.25. The van der Waals surface area contributed by atoms with Gasteiger partial charge < -0.3 is 5.32 Å². The van der Waals surface area contributed by atoms with Gasteiger partial charge in [0.1, 0.15) is 0 Å². The summed E-state index contributed by atoms with van der Waals surface area (Å²) in [5, 5.41) is 5.56. The van der Waals surface area contributed by atoms with Crippen LogP contribution >= 0.6 is 38.6 Å². The Labute approximate surface area is 106 Å². The molecule has 0 fully saturated rings. The van der Waals surface area contributed by atoms with Crippen LogP contribution in [-0.2, 0) is 13.1 Å². The molecular weight excluding hydrogens is 290 g/mol. The van der Waals surface area contributed by atoms with Crippen molar-refractivity contribution in [3.63, 3.8) is 0 Å². The monoisotopic (exact) mass is 301 g/mol. The van der Waals surface area contributed by atoms with Crippen molar-refractivity contribution in [2.24, 2.45) is 0 Å². The number of nitrogens with one attached hydrogen (secondary N) is 1. The van der Waals surface area contributed by atoms with Gasteiger partial charge in [-0.15, -0.1) is 22.7 Å². The maximum absolute atomic E-state index is 3.53. The molecule has 80 valence electrons. The lowest BCUT2D eigenvalue weighted by Gasteiger charge is -1.99. The lowest BCUT2D eigenvalue weighted by atomic mass is 10.4. The third kappa shape index (κ3) is 3.14. The van der Waals surface area contributed by atoms with Crippen molar-refractivity contribution in [1.82, 2.24) is 5.32 Å². The van der Waals surface area contributed by atoms with Crippen LogP contribution in [0.5, 0.6) is 0 Å². The fourth-order valence-electron chi connectivity index (χ4n) is 1.33. The van der Waals surface area contributed by atoms with Crippen molar-refractivity contribution < 1.29 is 0 Å². The fourth-order valence-corrected chi connectivity index (χ4v) is 3.57. The maximum atomic E-state index is 3.53. The molecular formula is C11H12BrNS2. The molecule has 0 spiro atoms. The minimum absolute atomic E-state index is 0.953. The Kier molecular flexibility index (Phi) is 3.97. The average molecular weight is 302 g/mol. The standard InChI is InChI=1S/C11H12BrNS2/c1-8-11(12)5-10(15-8)7-13-6-9-3-2-4-14-9/h2-5,13H,6-7H2,1H3. The Morgan fingerprint density at radius 2 is 2.13 bits per heavy atom. The van der Waals surface area contributed by atoms with Crippen LogP contribution in [-0.4, -0.2) is 0 Å². The molecule has 2 rings (SSSR count). The summed E-state index contributed by atoms with van der Waals surface area (Å²) in [6.45, 7) is 4.05. The number of hydrogen-bond donors (Lipinski definition) is 1. The molecule has 0 unspecified atom stereocenters. The molecule has 0 aliphatic carbocycles. The Bertz CT molecular complexity index is 400. The molecule has 2 heterocycles. The topological polar surface area (TPSA) is 12.0 Å². The summed E-state index contributed by atoms with van der Waals surface area (Å²) < 4.78 is 1.22. The molecule has 0 radical (unpaired) electrons. The molecule has 0 saturated heterocycles. The van der Waals surface area contributed by atoms with E-state index in [0.29, 0.717) is 0 Å². The summed E-state index contributed by atoms with van der Waals surface area (Å²) in [6.07, 6.45) is 0. The molecule has 0 aliphatic rings. The van der Waals surface area contributed by atoms with E-state index in [1.807, 2.05) is 11.3 Å². The third-order valence-corrected chi connectivity index (χ3v) is 5.10. The Hall–Kier alpha value is -0.160. The van der Waals surface area contributed by atoms with Crippen LogP contribution in [0.4, 0.5) is 0 Å². The summed E-state index contributed by atoms with van der Waals surface area (Å²) in [6, 6.07) is 6.45. The van der Waals surface area contributed by atoms with E-state index in [4.69, 9.17) is 0 Å². The molecule has 0 atom stereocenters. The lowest BCUT2D eigenvalue weighted by Crippen LogP contribution is -2.10. The second kappa shape index (κ2) is 5.25. The zero-order valence-corrected chi connectivity index (χ0v) is 11.6. The zero-order chi connectivity index (χ0) is 10.7. The quantitative estimate of drug-likeness (QED) is 0.894. The van der Waals surface area contributed by atoms with E-state index in [0.717, 1.165) is 13.1 Å². The van der Waals surface area contributed by atoms with Crippen molar-refractivity contribution >= 4 is 38.6 Å². The van der Waals surface area contributed by atoms with Gasteiger partial charge in [0.2, 0.25) is 0 Å². The van der Waals surface area contributed by atoms with Crippen LogP contribution in [0.1, 0.15) is 14.6 Å². The van der Waals surface area contributed by atoms with Gasteiger partial charge in [-0.1, -0.05) is 6.07 Å². The van der Waals surface area contributed by atoms with Gasteiger partial charge in [-0.25, -0.2) is 0 Å². The van der Waals surface area contributed by atoms with Crippen LogP contribution < -0.4 is 5.32 Å². The van der Waals surface area contributed by atoms with Gasteiger partial charge in [-0.3, -0.25) is 0 Å². The van der Waals surface area contributed by atoms with Crippen molar-refractivity contribution in [2.75, 3.05) is 0 Å². The van der Waals surface area contributed by atoms with Gasteiger partial charge in [0.05, 0.1) is 0 Å². The molecule has 1 N–H and O–H groups in total. The summed E-state index contributed by atoms with van der Waals surface area (Å²) in [5.74, 6) is 0. The molecule has 0 bridgehead atoms. The Balaban J connectivity index is 1.83. The molecule has 0 amide bonds. The van der Waals surface area contributed by atoms with Gasteiger partial charge in [0, 0.05) is 32.2 Å². The molecule has 0 aliphatic heterocycles. The predicted octanol–water partition coefficient (Wildman–Crippen LogP) is 4.17. The maximum Gasteiger partial charge on any atom is 0.0314 e. The second-order valence-corrected chi connectivity index (χ2v) is 6.53. The van der Waals surface area contributed by atoms with Gasteiger partial charge in [0.25, 0.3) is 0 Å². The zero-order valence-electron chi connectivity index (χ0n) is 8.42. The molecule has 0 saturated carbocycles. The highest BCUT2D eigenvalue weighted by atomic mass is 79.9. The number of thiophene rings is 2. The second-order valence-electron chi connectivity index (χ2n) is 3.30. The van der Waals surface area contributed by atoms with Gasteiger partial charge in [0.15, 0.2) is 0 Å². The van der Waals surface area contributed by atoms with Crippen LogP contribution in [0.3, 0.4) is 0 Å². The smallest absolute Gasteiger partial charge is 0.0314 e. The van der Waals surface area contributed by atoms with E-state index in [-0.39, 0.29) is 0 Å². The van der Waals surface area contributed by atoms with Crippen LogP contribution in [0.15, 0.2) is 28.1 Å². The number of rotatable bonds is 4. The summed E-state index contributed by atoms with van der Waals surface area (Å²) in [5.41, 5.74) is 0. The van der Waals surface area contributed by atoms with E-state index in [9.17, 15) is 0 Å². The highest BCUT2D eigenvalue weighted by molar-refractivity contribution is 9.10. The molecule has 4 heteroatoms. The molecule has 2 aromatic heterocycles. The van der Waals surface area contributed by atoms with Crippen molar-refractivity contribution in [2.45, 2.75) is 20.0 Å². The first-order valence-corrected chi connectivity index (χ1v) is 7.22. The summed E-state index contributed by atoms with van der Waals surface area (Å²) >= 11 is 7.18. The van der Waals surface area contributed by atoms with Gasteiger partial charge in [-0.05, 0) is 40.4 Å². The third-order valence-electron chi connectivity index (χ3n) is 2.09. The minimum atomic E-state index is 0.953. The van der Waals surface area contributed by atoms with Crippen molar-refractivity contribution in [3.05, 3.63) is 42.7 Å². The SMILES string of the molecule is Cc1sc(CNCc2cccs2)cc1Br. The van der Waals surface area contributed by atoms with Gasteiger partial charge in [-0.2, -0.15) is 0 Å². The van der Waals surface area contributed by atoms with Crippen LogP contribution in [0.2, 0.25) is 0 Å². The average Bonchev–Trinajstić information content (AvgIpc) is 2.79. The summed E-state index contributed by atoms with van der Waals surface area (Å²) in [4.78, 5) is 4.13. The van der Waals surface area contributed by atoms with Crippen molar-refractivity contribution in [3.8, 4) is 0 Å². The minimum Gasteiger partial charge on any atom is -0.307 e. The van der Waals surface area contributed by atoms with Gasteiger partial charge >= 0.3 is 0 Å². The molecule has 1 nitrogen and oxygen atoms in total.